The summed E-state index contributed by atoms with van der Waals surface area (Å²) in [6.45, 7) is 0. The maximum Gasteiger partial charge on any atom is 0.239 e. The lowest BCUT2D eigenvalue weighted by atomic mass is 10.0. The van der Waals surface area contributed by atoms with E-state index in [0.29, 0.717) is 12.8 Å². The molecule has 2 aromatic heterocycles. The second-order valence-corrected chi connectivity index (χ2v) is 9.95. The number of fused-ring (bicyclic) bond motifs is 1. The van der Waals surface area contributed by atoms with Gasteiger partial charge in [-0.1, -0.05) is 42.5 Å². The van der Waals surface area contributed by atoms with Gasteiger partial charge in [0.2, 0.25) is 10.0 Å². The van der Waals surface area contributed by atoms with Gasteiger partial charge < -0.3 is 9.72 Å². The van der Waals surface area contributed by atoms with Crippen molar-refractivity contribution in [3.63, 3.8) is 0 Å². The van der Waals surface area contributed by atoms with Crippen LogP contribution in [0.5, 0.6) is 0 Å². The molecule has 0 saturated carbocycles. The van der Waals surface area contributed by atoms with E-state index < -0.39 is 15.3 Å². The van der Waals surface area contributed by atoms with Gasteiger partial charge in [-0.15, -0.1) is 0 Å². The van der Waals surface area contributed by atoms with Crippen molar-refractivity contribution < 1.29 is 13.2 Å². The van der Waals surface area contributed by atoms with E-state index in [2.05, 4.69) is 20.8 Å². The van der Waals surface area contributed by atoms with Gasteiger partial charge in [-0.2, -0.15) is 0 Å². The number of hydrogen-bond acceptors (Lipinski definition) is 5. The third kappa shape index (κ3) is 4.20. The topological polar surface area (TPSA) is 97.0 Å². The summed E-state index contributed by atoms with van der Waals surface area (Å²) in [6.07, 6.45) is 7.33. The molecule has 2 N–H and O–H groups in total. The van der Waals surface area contributed by atoms with Gasteiger partial charge in [-0.25, -0.2) is 13.4 Å². The second-order valence-electron chi connectivity index (χ2n) is 8.05. The molecule has 4 aromatic rings. The molecule has 8 heteroatoms. The summed E-state index contributed by atoms with van der Waals surface area (Å²) in [5.74, 6) is 0.775. The van der Waals surface area contributed by atoms with E-state index in [1.807, 2.05) is 54.6 Å². The Kier molecular flexibility index (Phi) is 5.90. The fraction of sp³-hybridized carbons (Fsp3) is 0.154. The molecule has 172 valence electrons. The van der Waals surface area contributed by atoms with Crippen molar-refractivity contribution in [3.05, 3.63) is 96.6 Å². The highest BCUT2D eigenvalue weighted by Gasteiger charge is 2.33. The van der Waals surface area contributed by atoms with Crippen LogP contribution in [0.2, 0.25) is 0 Å². The zero-order valence-electron chi connectivity index (χ0n) is 18.6. The molecule has 1 aliphatic rings. The van der Waals surface area contributed by atoms with Crippen LogP contribution in [-0.2, 0) is 21.2 Å². The summed E-state index contributed by atoms with van der Waals surface area (Å²) < 4.78 is 32.8. The largest absolute Gasteiger partial charge is 0.503 e. The number of aromatic nitrogens is 3. The van der Waals surface area contributed by atoms with E-state index in [4.69, 9.17) is 9.72 Å². The first-order valence-electron chi connectivity index (χ1n) is 10.9. The number of imidazole rings is 1. The van der Waals surface area contributed by atoms with Crippen LogP contribution < -0.4 is 4.72 Å². The van der Waals surface area contributed by atoms with E-state index in [1.165, 1.54) is 19.6 Å². The Morgan fingerprint density at radius 2 is 1.82 bits per heavy atom. The lowest BCUT2D eigenvalue weighted by Crippen LogP contribution is -2.23. The average Bonchev–Trinajstić information content (AvgIpc) is 3.50. The predicted octanol–water partition coefficient (Wildman–Crippen LogP) is 4.83. The Bertz CT molecular complexity index is 1430. The molecule has 0 radical (unpaired) electrons. The standard InChI is InChI=1S/C26H24N4O3S/c1-33-16-15-28-34(31,32)23-10-8-20-17-21(7-9-22(20)23)25-24(18-11-13-27-14-12-18)29-26(30-25)19-5-3-2-4-6-19/h2-7,9,11-17,23,28H,8,10H2,1H3,(H,29,30)/b16-15-. The van der Waals surface area contributed by atoms with Crippen LogP contribution in [0.4, 0.5) is 0 Å². The fourth-order valence-electron chi connectivity index (χ4n) is 4.36. The third-order valence-corrected chi connectivity index (χ3v) is 7.67. The van der Waals surface area contributed by atoms with Crippen molar-refractivity contribution >= 4 is 10.0 Å². The van der Waals surface area contributed by atoms with Crippen LogP contribution in [0.15, 0.2) is 85.5 Å². The number of hydrogen-bond donors (Lipinski definition) is 2. The SMILES string of the molecule is CO/C=C\NS(=O)(=O)C1CCc2cc(-c3nc(-c4ccccc4)[nH]c3-c3ccncc3)ccc21. The maximum absolute atomic E-state index is 12.8. The molecule has 2 heterocycles. The minimum atomic E-state index is -3.55. The molecule has 34 heavy (non-hydrogen) atoms. The monoisotopic (exact) mass is 472 g/mol. The van der Waals surface area contributed by atoms with Crippen LogP contribution in [0.25, 0.3) is 33.9 Å². The lowest BCUT2D eigenvalue weighted by molar-refractivity contribution is 0.336. The molecular weight excluding hydrogens is 448 g/mol. The molecule has 0 bridgehead atoms. The van der Waals surface area contributed by atoms with Crippen molar-refractivity contribution in [3.8, 4) is 33.9 Å². The number of H-pyrrole nitrogens is 1. The number of benzene rings is 2. The number of ether oxygens (including phenoxy) is 1. The highest BCUT2D eigenvalue weighted by atomic mass is 32.2. The fourth-order valence-corrected chi connectivity index (χ4v) is 5.77. The van der Waals surface area contributed by atoms with E-state index in [9.17, 15) is 8.42 Å². The molecule has 0 spiro atoms. The van der Waals surface area contributed by atoms with Crippen molar-refractivity contribution in [1.82, 2.24) is 19.7 Å². The summed E-state index contributed by atoms with van der Waals surface area (Å²) in [5.41, 5.74) is 6.48. The van der Waals surface area contributed by atoms with Crippen LogP contribution >= 0.6 is 0 Å². The van der Waals surface area contributed by atoms with E-state index in [0.717, 1.165) is 45.0 Å². The number of aryl methyl sites for hydroxylation is 1. The van der Waals surface area contributed by atoms with Gasteiger partial charge in [-0.05, 0) is 42.2 Å². The van der Waals surface area contributed by atoms with Gasteiger partial charge >= 0.3 is 0 Å². The number of aromatic amines is 1. The zero-order valence-corrected chi connectivity index (χ0v) is 19.4. The number of methoxy groups -OCH3 is 1. The summed E-state index contributed by atoms with van der Waals surface area (Å²) in [5, 5.41) is -0.600. The van der Waals surface area contributed by atoms with E-state index in [-0.39, 0.29) is 0 Å². The Morgan fingerprint density at radius 3 is 2.59 bits per heavy atom. The molecule has 7 nitrogen and oxygen atoms in total. The lowest BCUT2D eigenvalue weighted by Gasteiger charge is -2.13. The number of pyridine rings is 1. The van der Waals surface area contributed by atoms with Crippen molar-refractivity contribution in [2.24, 2.45) is 0 Å². The van der Waals surface area contributed by atoms with Crippen molar-refractivity contribution in [2.45, 2.75) is 18.1 Å². The van der Waals surface area contributed by atoms with E-state index >= 15 is 0 Å². The first-order valence-corrected chi connectivity index (χ1v) is 12.5. The van der Waals surface area contributed by atoms with Crippen LogP contribution in [0, 0.1) is 0 Å². The first kappa shape index (κ1) is 21.9. The van der Waals surface area contributed by atoms with Gasteiger partial charge in [0.1, 0.15) is 11.1 Å². The smallest absolute Gasteiger partial charge is 0.239 e. The third-order valence-electron chi connectivity index (χ3n) is 5.97. The molecule has 1 atom stereocenters. The highest BCUT2D eigenvalue weighted by Crippen LogP contribution is 2.40. The Balaban J connectivity index is 1.55. The normalized spacial score (nSPS) is 15.4. The van der Waals surface area contributed by atoms with Crippen LogP contribution in [0.3, 0.4) is 0 Å². The molecule has 1 aliphatic carbocycles. The van der Waals surface area contributed by atoms with Crippen molar-refractivity contribution in [2.75, 3.05) is 7.11 Å². The quantitative estimate of drug-likeness (QED) is 0.376. The molecule has 0 aliphatic heterocycles. The molecule has 2 aromatic carbocycles. The molecule has 0 fully saturated rings. The summed E-state index contributed by atoms with van der Waals surface area (Å²) in [7, 11) is -2.08. The molecule has 5 rings (SSSR count). The van der Waals surface area contributed by atoms with Crippen LogP contribution in [0.1, 0.15) is 22.8 Å². The highest BCUT2D eigenvalue weighted by molar-refractivity contribution is 7.89. The molecule has 1 unspecified atom stereocenters. The first-order chi connectivity index (χ1) is 16.6. The summed E-state index contributed by atoms with van der Waals surface area (Å²) in [4.78, 5) is 12.6. The zero-order chi connectivity index (χ0) is 23.5. The van der Waals surface area contributed by atoms with E-state index in [1.54, 1.807) is 12.4 Å². The Morgan fingerprint density at radius 1 is 1.03 bits per heavy atom. The molecule has 0 amide bonds. The van der Waals surface area contributed by atoms with Gasteiger partial charge in [0.05, 0.1) is 24.8 Å². The van der Waals surface area contributed by atoms with Gasteiger partial charge in [-0.3, -0.25) is 9.71 Å². The summed E-state index contributed by atoms with van der Waals surface area (Å²) in [6, 6.07) is 19.8. The number of sulfonamides is 1. The minimum absolute atomic E-state index is 0.530. The predicted molar refractivity (Wildman–Crippen MR) is 132 cm³/mol. The van der Waals surface area contributed by atoms with Crippen molar-refractivity contribution in [1.29, 1.82) is 0 Å². The van der Waals surface area contributed by atoms with Gasteiger partial charge in [0.15, 0.2) is 0 Å². The summed E-state index contributed by atoms with van der Waals surface area (Å²) >= 11 is 0. The van der Waals surface area contributed by atoms with Gasteiger partial charge in [0, 0.05) is 35.3 Å². The maximum atomic E-state index is 12.8. The molecular formula is C26H24N4O3S. The minimum Gasteiger partial charge on any atom is -0.503 e. The molecule has 0 saturated heterocycles. The second kappa shape index (κ2) is 9.15. The van der Waals surface area contributed by atoms with Crippen LogP contribution in [-0.4, -0.2) is 30.5 Å². The van der Waals surface area contributed by atoms with Gasteiger partial charge in [0.25, 0.3) is 0 Å². The Labute approximate surface area is 198 Å². The average molecular weight is 473 g/mol. The number of nitrogens with one attached hydrogen (secondary N) is 2. The Hall–Kier alpha value is -3.91. The number of nitrogens with zero attached hydrogens (tertiary/aromatic N) is 2. The number of rotatable bonds is 7.